The first-order valence-electron chi connectivity index (χ1n) is 8.21. The first kappa shape index (κ1) is 19.5. The summed E-state index contributed by atoms with van der Waals surface area (Å²) in [5, 5.41) is 2.43. The molecule has 0 aliphatic heterocycles. The molecular weight excluding hydrogens is 356 g/mol. The van der Waals surface area contributed by atoms with Crippen molar-refractivity contribution in [1.82, 2.24) is 9.88 Å². The minimum absolute atomic E-state index is 0.0728. The van der Waals surface area contributed by atoms with Crippen LogP contribution in [0.4, 0.5) is 0 Å². The van der Waals surface area contributed by atoms with Crippen LogP contribution in [0, 0.1) is 0 Å². The molecule has 0 unspecified atom stereocenters. The third-order valence-electron chi connectivity index (χ3n) is 3.31. The Morgan fingerprint density at radius 1 is 1.24 bits per heavy atom. The van der Waals surface area contributed by atoms with Crippen LogP contribution >= 0.6 is 23.1 Å². The van der Waals surface area contributed by atoms with Crippen molar-refractivity contribution in [2.75, 3.05) is 18.9 Å². The minimum atomic E-state index is -0.419. The molecule has 1 aromatic heterocycles. The molecule has 0 spiro atoms. The van der Waals surface area contributed by atoms with Gasteiger partial charge >= 0.3 is 5.97 Å². The van der Waals surface area contributed by atoms with Crippen LogP contribution in [0.15, 0.2) is 40.6 Å². The third-order valence-corrected chi connectivity index (χ3v) is 5.14. The average Bonchev–Trinajstić information content (AvgIpc) is 3.09. The highest BCUT2D eigenvalue weighted by molar-refractivity contribution is 8.00. The molecule has 0 aliphatic rings. The van der Waals surface area contributed by atoms with Gasteiger partial charge in [0, 0.05) is 16.8 Å². The molecule has 1 heterocycles. The van der Waals surface area contributed by atoms with Crippen LogP contribution in [-0.4, -0.2) is 40.7 Å². The van der Waals surface area contributed by atoms with Crippen LogP contribution in [0.25, 0.3) is 0 Å². The molecule has 1 amide bonds. The van der Waals surface area contributed by atoms with E-state index in [2.05, 4.69) is 4.98 Å². The Kier molecular flexibility index (Phi) is 7.94. The molecular formula is C18H22N2O3S2. The molecule has 2 aromatic rings. The number of carbonyl (C=O) groups excluding carboxylic acids is 2. The fraction of sp³-hybridized carbons (Fsp3) is 0.389. The normalized spacial score (nSPS) is 10.5. The summed E-state index contributed by atoms with van der Waals surface area (Å²) < 4.78 is 4.95. The van der Waals surface area contributed by atoms with Crippen molar-refractivity contribution in [2.45, 2.75) is 31.7 Å². The zero-order valence-electron chi connectivity index (χ0n) is 14.4. The molecule has 5 nitrogen and oxygen atoms in total. The van der Waals surface area contributed by atoms with Crippen molar-refractivity contribution in [1.29, 1.82) is 0 Å². The highest BCUT2D eigenvalue weighted by Gasteiger charge is 2.17. The van der Waals surface area contributed by atoms with Crippen LogP contribution in [-0.2, 0) is 16.1 Å². The number of rotatable bonds is 9. The molecule has 2 rings (SSSR count). The number of thiazole rings is 1. The number of benzene rings is 1. The van der Waals surface area contributed by atoms with Gasteiger partial charge in [0.2, 0.25) is 5.91 Å². The van der Waals surface area contributed by atoms with Crippen molar-refractivity contribution < 1.29 is 14.3 Å². The smallest absolute Gasteiger partial charge is 0.357 e. The van der Waals surface area contributed by atoms with E-state index in [-0.39, 0.29) is 5.91 Å². The Bertz CT molecular complexity index is 689. The summed E-state index contributed by atoms with van der Waals surface area (Å²) in [6.45, 7) is 5.21. The second kappa shape index (κ2) is 10.2. The maximum absolute atomic E-state index is 12.5. The second-order valence-electron chi connectivity index (χ2n) is 5.26. The second-order valence-corrected chi connectivity index (χ2v) is 7.26. The number of esters is 1. The zero-order chi connectivity index (χ0) is 18.1. The summed E-state index contributed by atoms with van der Waals surface area (Å²) in [6.07, 6.45) is 0.873. The molecule has 0 aliphatic carbocycles. The lowest BCUT2D eigenvalue weighted by molar-refractivity contribution is -0.129. The first-order chi connectivity index (χ1) is 12.1. The largest absolute Gasteiger partial charge is 0.461 e. The van der Waals surface area contributed by atoms with Crippen molar-refractivity contribution >= 4 is 35.0 Å². The molecule has 0 saturated carbocycles. The predicted octanol–water partition coefficient (Wildman–Crippen LogP) is 3.85. The predicted molar refractivity (Wildman–Crippen MR) is 101 cm³/mol. The van der Waals surface area contributed by atoms with Crippen LogP contribution in [0.2, 0.25) is 0 Å². The van der Waals surface area contributed by atoms with E-state index in [9.17, 15) is 9.59 Å². The monoisotopic (exact) mass is 378 g/mol. The van der Waals surface area contributed by atoms with E-state index in [1.807, 2.05) is 37.3 Å². The summed E-state index contributed by atoms with van der Waals surface area (Å²) >= 11 is 2.90. The van der Waals surface area contributed by atoms with Gasteiger partial charge in [-0.1, -0.05) is 25.1 Å². The number of hydrogen-bond donors (Lipinski definition) is 0. The van der Waals surface area contributed by atoms with Crippen LogP contribution in [0.1, 0.15) is 35.8 Å². The fourth-order valence-electron chi connectivity index (χ4n) is 2.16. The van der Waals surface area contributed by atoms with E-state index < -0.39 is 5.97 Å². The van der Waals surface area contributed by atoms with Gasteiger partial charge in [-0.05, 0) is 25.5 Å². The fourth-order valence-corrected chi connectivity index (χ4v) is 3.76. The molecule has 134 valence electrons. The lowest BCUT2D eigenvalue weighted by atomic mass is 10.4. The number of ether oxygens (including phenoxy) is 1. The van der Waals surface area contributed by atoms with Gasteiger partial charge in [0.15, 0.2) is 5.69 Å². The number of amides is 1. The lowest BCUT2D eigenvalue weighted by Gasteiger charge is -2.20. The van der Waals surface area contributed by atoms with Crippen LogP contribution in [0.3, 0.4) is 0 Å². The molecule has 0 bridgehead atoms. The summed E-state index contributed by atoms with van der Waals surface area (Å²) in [7, 11) is 0. The van der Waals surface area contributed by atoms with E-state index >= 15 is 0 Å². The molecule has 0 N–H and O–H groups in total. The SMILES string of the molecule is CCCN(Cc1nc(C(=O)OCC)cs1)C(=O)CSc1ccccc1. The number of nitrogens with zero attached hydrogens (tertiary/aromatic N) is 2. The summed E-state index contributed by atoms with van der Waals surface area (Å²) in [6, 6.07) is 9.87. The van der Waals surface area contributed by atoms with E-state index in [1.165, 1.54) is 23.1 Å². The van der Waals surface area contributed by atoms with Gasteiger partial charge in [-0.25, -0.2) is 9.78 Å². The van der Waals surface area contributed by atoms with Crippen LogP contribution in [0.5, 0.6) is 0 Å². The molecule has 0 atom stereocenters. The number of hydrogen-bond acceptors (Lipinski definition) is 6. The third kappa shape index (κ3) is 6.17. The Morgan fingerprint density at radius 2 is 2.00 bits per heavy atom. The highest BCUT2D eigenvalue weighted by Crippen LogP contribution is 2.19. The van der Waals surface area contributed by atoms with Gasteiger partial charge in [-0.2, -0.15) is 0 Å². The molecule has 0 radical (unpaired) electrons. The summed E-state index contributed by atoms with van der Waals surface area (Å²) in [5.41, 5.74) is 0.310. The minimum Gasteiger partial charge on any atom is -0.461 e. The van der Waals surface area contributed by atoms with Crippen molar-refractivity contribution in [3.8, 4) is 0 Å². The molecule has 1 aromatic carbocycles. The maximum Gasteiger partial charge on any atom is 0.357 e. The molecule has 7 heteroatoms. The maximum atomic E-state index is 12.5. The Labute approximate surface area is 156 Å². The molecule has 0 saturated heterocycles. The number of thioether (sulfide) groups is 1. The standard InChI is InChI=1S/C18H22N2O3S2/c1-3-10-20(17(21)13-24-14-8-6-5-7-9-14)11-16-19-15(12-25-16)18(22)23-4-2/h5-9,12H,3-4,10-11,13H2,1-2H3. The summed E-state index contributed by atoms with van der Waals surface area (Å²) in [4.78, 5) is 31.4. The van der Waals surface area contributed by atoms with E-state index in [4.69, 9.17) is 4.74 Å². The summed E-state index contributed by atoms with van der Waals surface area (Å²) in [5.74, 6) is 0.0433. The Hall–Kier alpha value is -1.86. The van der Waals surface area contributed by atoms with E-state index in [0.717, 1.165) is 16.3 Å². The van der Waals surface area contributed by atoms with Gasteiger partial charge in [-0.3, -0.25) is 4.79 Å². The van der Waals surface area contributed by atoms with Gasteiger partial charge in [0.25, 0.3) is 0 Å². The Balaban J connectivity index is 1.95. The topological polar surface area (TPSA) is 59.5 Å². The number of aromatic nitrogens is 1. The zero-order valence-corrected chi connectivity index (χ0v) is 16.1. The van der Waals surface area contributed by atoms with E-state index in [0.29, 0.717) is 31.1 Å². The highest BCUT2D eigenvalue weighted by atomic mass is 32.2. The van der Waals surface area contributed by atoms with Crippen molar-refractivity contribution in [3.63, 3.8) is 0 Å². The average molecular weight is 379 g/mol. The van der Waals surface area contributed by atoms with Gasteiger partial charge < -0.3 is 9.64 Å². The quantitative estimate of drug-likeness (QED) is 0.490. The van der Waals surface area contributed by atoms with Gasteiger partial charge in [-0.15, -0.1) is 23.1 Å². The van der Waals surface area contributed by atoms with Crippen molar-refractivity contribution in [2.24, 2.45) is 0 Å². The molecule has 25 heavy (non-hydrogen) atoms. The van der Waals surface area contributed by atoms with E-state index in [1.54, 1.807) is 17.2 Å². The first-order valence-corrected chi connectivity index (χ1v) is 10.1. The number of carbonyl (C=O) groups is 2. The lowest BCUT2D eigenvalue weighted by Crippen LogP contribution is -2.32. The Morgan fingerprint density at radius 3 is 2.68 bits per heavy atom. The van der Waals surface area contributed by atoms with Gasteiger partial charge in [0.1, 0.15) is 5.01 Å². The van der Waals surface area contributed by atoms with Crippen LogP contribution < -0.4 is 0 Å². The van der Waals surface area contributed by atoms with Gasteiger partial charge in [0.05, 0.1) is 18.9 Å². The molecule has 0 fully saturated rings. The van der Waals surface area contributed by atoms with Crippen molar-refractivity contribution in [3.05, 3.63) is 46.4 Å².